The van der Waals surface area contributed by atoms with E-state index in [1.54, 1.807) is 0 Å². The van der Waals surface area contributed by atoms with Crippen molar-refractivity contribution in [3.63, 3.8) is 0 Å². The molecule has 0 aliphatic heterocycles. The topological polar surface area (TPSA) is 38.7 Å². The number of benzene rings is 1. The third-order valence-electron chi connectivity index (χ3n) is 1.69. The van der Waals surface area contributed by atoms with E-state index in [0.717, 1.165) is 21.1 Å². The summed E-state index contributed by atoms with van der Waals surface area (Å²) >= 11 is 9.01. The van der Waals surface area contributed by atoms with Crippen LogP contribution in [0.25, 0.3) is 11.0 Å². The maximum atomic E-state index is 5.63. The largest absolute Gasteiger partial charge is 0.243 e. The van der Waals surface area contributed by atoms with Gasteiger partial charge in [-0.3, -0.25) is 0 Å². The fourth-order valence-electron chi connectivity index (χ4n) is 1.15. The third kappa shape index (κ3) is 1.64. The van der Waals surface area contributed by atoms with Gasteiger partial charge in [0.25, 0.3) is 0 Å². The molecule has 0 N–H and O–H groups in total. The Morgan fingerprint density at radius 1 is 1.31 bits per heavy atom. The maximum Gasteiger partial charge on any atom is 0.243 e. The summed E-state index contributed by atoms with van der Waals surface area (Å²) in [5.74, 6) is 0. The van der Waals surface area contributed by atoms with Crippen LogP contribution in [0, 0.1) is 6.92 Å². The predicted molar refractivity (Wildman–Crippen MR) is 54.8 cm³/mol. The first kappa shape index (κ1) is 8.84. The van der Waals surface area contributed by atoms with E-state index in [-0.39, 0.29) is 5.28 Å². The van der Waals surface area contributed by atoms with E-state index in [2.05, 4.69) is 31.1 Å². The van der Waals surface area contributed by atoms with Gasteiger partial charge in [-0.1, -0.05) is 15.9 Å². The van der Waals surface area contributed by atoms with Crippen LogP contribution in [0.15, 0.2) is 16.6 Å². The Morgan fingerprint density at radius 2 is 2.08 bits per heavy atom. The number of aromatic nitrogens is 3. The average molecular weight is 259 g/mol. The van der Waals surface area contributed by atoms with E-state index in [9.17, 15) is 0 Å². The number of aryl methyl sites for hydroxylation is 1. The minimum atomic E-state index is 0.179. The van der Waals surface area contributed by atoms with Crippen LogP contribution >= 0.6 is 27.5 Å². The van der Waals surface area contributed by atoms with Crippen molar-refractivity contribution in [1.82, 2.24) is 15.2 Å². The summed E-state index contributed by atoms with van der Waals surface area (Å²) in [6.07, 6.45) is 0. The summed E-state index contributed by atoms with van der Waals surface area (Å²) in [4.78, 5) is 4.09. The minimum absolute atomic E-state index is 0.179. The van der Waals surface area contributed by atoms with Gasteiger partial charge in [-0.25, -0.2) is 4.98 Å². The molecule has 2 aromatic rings. The van der Waals surface area contributed by atoms with Gasteiger partial charge in [0.05, 0.1) is 5.52 Å². The highest BCUT2D eigenvalue weighted by atomic mass is 79.9. The van der Waals surface area contributed by atoms with Crippen molar-refractivity contribution in [1.29, 1.82) is 0 Å². The van der Waals surface area contributed by atoms with Gasteiger partial charge in [0.2, 0.25) is 5.28 Å². The highest BCUT2D eigenvalue weighted by Crippen LogP contribution is 2.20. The molecule has 0 amide bonds. The summed E-state index contributed by atoms with van der Waals surface area (Å²) in [7, 11) is 0. The molecule has 0 aliphatic carbocycles. The number of fused-ring (bicyclic) bond motifs is 1. The molecular weight excluding hydrogens is 253 g/mol. The lowest BCUT2D eigenvalue weighted by Gasteiger charge is -2.00. The smallest absolute Gasteiger partial charge is 0.215 e. The van der Waals surface area contributed by atoms with Gasteiger partial charge in [-0.05, 0) is 36.2 Å². The zero-order valence-electron chi connectivity index (χ0n) is 6.75. The molecule has 1 heterocycles. The van der Waals surface area contributed by atoms with Gasteiger partial charge in [-0.15, -0.1) is 10.2 Å². The number of hydrogen-bond acceptors (Lipinski definition) is 3. The molecule has 0 aliphatic rings. The predicted octanol–water partition coefficient (Wildman–Crippen LogP) is 2.75. The molecule has 66 valence electrons. The second-order valence-corrected chi connectivity index (χ2v) is 3.92. The Labute approximate surface area is 88.3 Å². The van der Waals surface area contributed by atoms with Crippen LogP contribution < -0.4 is 0 Å². The van der Waals surface area contributed by atoms with Crippen LogP contribution in [-0.4, -0.2) is 15.2 Å². The number of halogens is 2. The van der Waals surface area contributed by atoms with Crippen molar-refractivity contribution < 1.29 is 0 Å². The SMILES string of the molecule is Cc1cc(Br)cc2nnc(Cl)nc12. The van der Waals surface area contributed by atoms with E-state index >= 15 is 0 Å². The highest BCUT2D eigenvalue weighted by molar-refractivity contribution is 9.10. The van der Waals surface area contributed by atoms with Gasteiger partial charge in [0.1, 0.15) is 5.52 Å². The van der Waals surface area contributed by atoms with Crippen LogP contribution in [0.5, 0.6) is 0 Å². The lowest BCUT2D eigenvalue weighted by Crippen LogP contribution is -1.91. The molecular formula is C8H5BrClN3. The van der Waals surface area contributed by atoms with E-state index in [0.29, 0.717) is 0 Å². The Hall–Kier alpha value is -0.740. The van der Waals surface area contributed by atoms with Crippen molar-refractivity contribution in [3.8, 4) is 0 Å². The van der Waals surface area contributed by atoms with E-state index in [1.165, 1.54) is 0 Å². The highest BCUT2D eigenvalue weighted by Gasteiger charge is 2.03. The fourth-order valence-corrected chi connectivity index (χ4v) is 1.83. The Morgan fingerprint density at radius 3 is 2.85 bits per heavy atom. The number of rotatable bonds is 0. The summed E-state index contributed by atoms with van der Waals surface area (Å²) < 4.78 is 0.968. The average Bonchev–Trinajstić information content (AvgIpc) is 2.06. The van der Waals surface area contributed by atoms with Crippen LogP contribution in [0.4, 0.5) is 0 Å². The van der Waals surface area contributed by atoms with Crippen LogP contribution in [0.1, 0.15) is 5.56 Å². The quantitative estimate of drug-likeness (QED) is 0.729. The molecule has 0 atom stereocenters. The molecule has 0 saturated carbocycles. The molecule has 0 fully saturated rings. The number of hydrogen-bond donors (Lipinski definition) is 0. The van der Waals surface area contributed by atoms with Gasteiger partial charge in [-0.2, -0.15) is 0 Å². The van der Waals surface area contributed by atoms with Crippen LogP contribution in [-0.2, 0) is 0 Å². The van der Waals surface area contributed by atoms with Crippen LogP contribution in [0.3, 0.4) is 0 Å². The van der Waals surface area contributed by atoms with Gasteiger partial charge >= 0.3 is 0 Å². The zero-order chi connectivity index (χ0) is 9.42. The van der Waals surface area contributed by atoms with E-state index < -0.39 is 0 Å². The van der Waals surface area contributed by atoms with Crippen molar-refractivity contribution in [2.24, 2.45) is 0 Å². The summed E-state index contributed by atoms with van der Waals surface area (Å²) in [6.45, 7) is 1.96. The summed E-state index contributed by atoms with van der Waals surface area (Å²) in [5, 5.41) is 7.78. The molecule has 0 radical (unpaired) electrons. The molecule has 13 heavy (non-hydrogen) atoms. The first-order chi connectivity index (χ1) is 6.16. The molecule has 1 aromatic heterocycles. The van der Waals surface area contributed by atoms with Crippen molar-refractivity contribution >= 4 is 38.6 Å². The van der Waals surface area contributed by atoms with Crippen molar-refractivity contribution in [2.75, 3.05) is 0 Å². The van der Waals surface area contributed by atoms with Crippen molar-refractivity contribution in [2.45, 2.75) is 6.92 Å². The zero-order valence-corrected chi connectivity index (χ0v) is 9.09. The second-order valence-electron chi connectivity index (χ2n) is 2.67. The van der Waals surface area contributed by atoms with Crippen LogP contribution in [0.2, 0.25) is 5.28 Å². The Kier molecular flexibility index (Phi) is 2.17. The lowest BCUT2D eigenvalue weighted by atomic mass is 10.2. The molecule has 0 spiro atoms. The molecule has 0 unspecified atom stereocenters. The maximum absolute atomic E-state index is 5.63. The van der Waals surface area contributed by atoms with Gasteiger partial charge < -0.3 is 0 Å². The van der Waals surface area contributed by atoms with E-state index in [4.69, 9.17) is 11.6 Å². The Bertz CT molecular complexity index is 472. The molecule has 2 rings (SSSR count). The monoisotopic (exact) mass is 257 g/mol. The lowest BCUT2D eigenvalue weighted by molar-refractivity contribution is 1.02. The van der Waals surface area contributed by atoms with Gasteiger partial charge in [0.15, 0.2) is 0 Å². The Balaban J connectivity index is 2.87. The standard InChI is InChI=1S/C8H5BrClN3/c1-4-2-5(9)3-6-7(4)11-8(10)13-12-6/h2-3H,1H3. The molecule has 0 bridgehead atoms. The minimum Gasteiger partial charge on any atom is -0.215 e. The first-order valence-electron chi connectivity index (χ1n) is 3.63. The normalized spacial score (nSPS) is 10.7. The first-order valence-corrected chi connectivity index (χ1v) is 4.80. The summed E-state index contributed by atoms with van der Waals surface area (Å²) in [5.41, 5.74) is 2.57. The fraction of sp³-hybridized carbons (Fsp3) is 0.125. The van der Waals surface area contributed by atoms with E-state index in [1.807, 2.05) is 19.1 Å². The van der Waals surface area contributed by atoms with Gasteiger partial charge in [0, 0.05) is 4.47 Å². The van der Waals surface area contributed by atoms with Crippen molar-refractivity contribution in [3.05, 3.63) is 27.5 Å². The molecule has 0 saturated heterocycles. The molecule has 3 nitrogen and oxygen atoms in total. The molecule has 1 aromatic carbocycles. The second kappa shape index (κ2) is 3.20. The molecule has 5 heteroatoms. The third-order valence-corrected chi connectivity index (χ3v) is 2.31. The summed E-state index contributed by atoms with van der Waals surface area (Å²) in [6, 6.07) is 3.83. The number of nitrogens with zero attached hydrogens (tertiary/aromatic N) is 3.